The molecule has 122 valence electrons. The molecule has 2 amide bonds. The Bertz CT molecular complexity index is 803. The largest absolute Gasteiger partial charge is 0.345 e. The van der Waals surface area contributed by atoms with Crippen molar-refractivity contribution in [1.82, 2.24) is 9.80 Å². The lowest BCUT2D eigenvalue weighted by Crippen LogP contribution is -2.39. The number of aliphatic imine (C=N–C) groups is 1. The number of rotatable bonds is 4. The van der Waals surface area contributed by atoms with E-state index in [1.54, 1.807) is 42.3 Å². The van der Waals surface area contributed by atoms with Crippen LogP contribution in [-0.2, 0) is 4.79 Å². The van der Waals surface area contributed by atoms with Gasteiger partial charge in [-0.3, -0.25) is 14.6 Å². The Balaban J connectivity index is 2.05. The quantitative estimate of drug-likeness (QED) is 0.798. The Labute approximate surface area is 141 Å². The average Bonchev–Trinajstić information content (AvgIpc) is 3.07. The number of hydrogen-bond donors (Lipinski definition) is 0. The van der Waals surface area contributed by atoms with Crippen LogP contribution in [-0.4, -0.2) is 54.5 Å². The third kappa shape index (κ3) is 2.69. The molecule has 1 unspecified atom stereocenters. The summed E-state index contributed by atoms with van der Waals surface area (Å²) in [4.78, 5) is 32.1. The van der Waals surface area contributed by atoms with Gasteiger partial charge in [0.05, 0.1) is 0 Å². The van der Waals surface area contributed by atoms with Crippen molar-refractivity contribution in [2.24, 2.45) is 4.99 Å². The molecular weight excluding hydrogens is 302 g/mol. The van der Waals surface area contributed by atoms with Crippen LogP contribution in [0.25, 0.3) is 5.57 Å². The number of carbonyl (C=O) groups excluding carboxylic acids is 2. The van der Waals surface area contributed by atoms with Crippen LogP contribution in [0.4, 0.5) is 0 Å². The van der Waals surface area contributed by atoms with Crippen molar-refractivity contribution in [3.8, 4) is 0 Å². The van der Waals surface area contributed by atoms with Gasteiger partial charge in [0.25, 0.3) is 11.8 Å². The fourth-order valence-corrected chi connectivity index (χ4v) is 2.87. The molecule has 0 aromatic heterocycles. The molecule has 0 saturated carbocycles. The molecule has 1 atom stereocenters. The van der Waals surface area contributed by atoms with Gasteiger partial charge in [-0.25, -0.2) is 0 Å². The molecule has 5 heteroatoms. The van der Waals surface area contributed by atoms with Gasteiger partial charge < -0.3 is 9.80 Å². The first-order valence-electron chi connectivity index (χ1n) is 7.72. The number of fused-ring (bicyclic) bond motifs is 1. The number of amides is 2. The third-order valence-electron chi connectivity index (χ3n) is 4.05. The standard InChI is InChI=1S/C19H19N3O2/c1-4-10-22-12-16(15-8-9-20-17(15)19(22)24)13-6-5-7-14(11-13)18(23)21(2)3/h4-9,11-12,17H,1,10H2,2-3H3. The molecule has 0 fully saturated rings. The summed E-state index contributed by atoms with van der Waals surface area (Å²) in [6, 6.07) is 6.94. The van der Waals surface area contributed by atoms with E-state index in [1.165, 1.54) is 0 Å². The summed E-state index contributed by atoms with van der Waals surface area (Å²) >= 11 is 0. The first kappa shape index (κ1) is 15.9. The van der Waals surface area contributed by atoms with Crippen molar-refractivity contribution in [3.63, 3.8) is 0 Å². The van der Waals surface area contributed by atoms with Crippen molar-refractivity contribution in [2.45, 2.75) is 6.04 Å². The molecule has 0 bridgehead atoms. The molecule has 3 rings (SSSR count). The van der Waals surface area contributed by atoms with Crippen LogP contribution < -0.4 is 0 Å². The molecule has 5 nitrogen and oxygen atoms in total. The Morgan fingerprint density at radius 3 is 2.92 bits per heavy atom. The van der Waals surface area contributed by atoms with Crippen LogP contribution in [0, 0.1) is 0 Å². The maximum absolute atomic E-state index is 12.5. The van der Waals surface area contributed by atoms with E-state index in [0.717, 1.165) is 16.7 Å². The van der Waals surface area contributed by atoms with E-state index < -0.39 is 6.04 Å². The van der Waals surface area contributed by atoms with Gasteiger partial charge in [0.1, 0.15) is 0 Å². The first-order chi connectivity index (χ1) is 11.5. The average molecular weight is 321 g/mol. The van der Waals surface area contributed by atoms with E-state index in [1.807, 2.05) is 30.5 Å². The predicted octanol–water partition coefficient (Wildman–Crippen LogP) is 2.14. The van der Waals surface area contributed by atoms with E-state index in [4.69, 9.17) is 0 Å². The highest BCUT2D eigenvalue weighted by molar-refractivity contribution is 6.04. The monoisotopic (exact) mass is 321 g/mol. The van der Waals surface area contributed by atoms with E-state index in [9.17, 15) is 9.59 Å². The van der Waals surface area contributed by atoms with Crippen molar-refractivity contribution >= 4 is 23.6 Å². The third-order valence-corrected chi connectivity index (χ3v) is 4.05. The van der Waals surface area contributed by atoms with Crippen LogP contribution >= 0.6 is 0 Å². The van der Waals surface area contributed by atoms with Gasteiger partial charge in [0.15, 0.2) is 6.04 Å². The van der Waals surface area contributed by atoms with E-state index in [0.29, 0.717) is 12.1 Å². The van der Waals surface area contributed by atoms with Crippen LogP contribution in [0.5, 0.6) is 0 Å². The van der Waals surface area contributed by atoms with Crippen LogP contribution in [0.2, 0.25) is 0 Å². The molecule has 2 heterocycles. The zero-order chi connectivity index (χ0) is 17.3. The van der Waals surface area contributed by atoms with Crippen molar-refractivity contribution < 1.29 is 9.59 Å². The summed E-state index contributed by atoms with van der Waals surface area (Å²) in [6.07, 6.45) is 7.03. The highest BCUT2D eigenvalue weighted by atomic mass is 16.2. The Hall–Kier alpha value is -2.95. The minimum Gasteiger partial charge on any atom is -0.345 e. The fraction of sp³-hybridized carbons (Fsp3) is 0.211. The minimum absolute atomic E-state index is 0.0551. The SMILES string of the molecule is C=CCN1C=C(c2cccc(C(=O)N(C)C)c2)C2=CC=NC2C1=O. The topological polar surface area (TPSA) is 53.0 Å². The lowest BCUT2D eigenvalue weighted by molar-refractivity contribution is -0.128. The van der Waals surface area contributed by atoms with Crippen molar-refractivity contribution in [1.29, 1.82) is 0 Å². The molecule has 0 saturated heterocycles. The second-order valence-corrected chi connectivity index (χ2v) is 5.93. The highest BCUT2D eigenvalue weighted by Crippen LogP contribution is 2.34. The lowest BCUT2D eigenvalue weighted by atomic mass is 9.90. The molecule has 0 aliphatic carbocycles. The van der Waals surface area contributed by atoms with Gasteiger partial charge in [-0.05, 0) is 29.3 Å². The van der Waals surface area contributed by atoms with Gasteiger partial charge in [-0.1, -0.05) is 18.2 Å². The Morgan fingerprint density at radius 1 is 1.42 bits per heavy atom. The second kappa shape index (κ2) is 6.28. The van der Waals surface area contributed by atoms with Gasteiger partial charge >= 0.3 is 0 Å². The van der Waals surface area contributed by atoms with E-state index in [-0.39, 0.29) is 11.8 Å². The van der Waals surface area contributed by atoms with Crippen LogP contribution in [0.1, 0.15) is 15.9 Å². The van der Waals surface area contributed by atoms with Crippen LogP contribution in [0.15, 0.2) is 59.8 Å². The number of nitrogens with zero attached hydrogens (tertiary/aromatic N) is 3. The van der Waals surface area contributed by atoms with Crippen LogP contribution in [0.3, 0.4) is 0 Å². The van der Waals surface area contributed by atoms with Gasteiger partial charge in [-0.15, -0.1) is 6.58 Å². The molecule has 2 aliphatic heterocycles. The van der Waals surface area contributed by atoms with Crippen molar-refractivity contribution in [3.05, 3.63) is 65.9 Å². The molecule has 1 aromatic rings. The van der Waals surface area contributed by atoms with E-state index >= 15 is 0 Å². The molecule has 1 aromatic carbocycles. The summed E-state index contributed by atoms with van der Waals surface area (Å²) in [5, 5.41) is 0. The summed E-state index contributed by atoms with van der Waals surface area (Å²) in [5.74, 6) is -0.111. The molecule has 0 N–H and O–H groups in total. The molecule has 24 heavy (non-hydrogen) atoms. The first-order valence-corrected chi connectivity index (χ1v) is 7.72. The number of allylic oxidation sites excluding steroid dienone is 1. The number of carbonyl (C=O) groups is 2. The second-order valence-electron chi connectivity index (χ2n) is 5.93. The summed E-state index contributed by atoms with van der Waals surface area (Å²) in [5.41, 5.74) is 3.29. The number of hydrogen-bond acceptors (Lipinski definition) is 3. The minimum atomic E-state index is -0.502. The zero-order valence-corrected chi connectivity index (χ0v) is 13.8. The Morgan fingerprint density at radius 2 is 2.21 bits per heavy atom. The fourth-order valence-electron chi connectivity index (χ4n) is 2.87. The molecule has 0 radical (unpaired) electrons. The summed E-state index contributed by atoms with van der Waals surface area (Å²) in [7, 11) is 3.45. The molecule has 2 aliphatic rings. The van der Waals surface area contributed by atoms with E-state index in [2.05, 4.69) is 11.6 Å². The Kier molecular flexibility index (Phi) is 4.16. The smallest absolute Gasteiger partial charge is 0.256 e. The van der Waals surface area contributed by atoms with Crippen molar-refractivity contribution in [2.75, 3.05) is 20.6 Å². The summed E-state index contributed by atoms with van der Waals surface area (Å²) in [6.45, 7) is 4.13. The van der Waals surface area contributed by atoms with Gasteiger partial charge in [0.2, 0.25) is 0 Å². The molecular formula is C19H19N3O2. The maximum atomic E-state index is 12.5. The van der Waals surface area contributed by atoms with Gasteiger partial charge in [-0.2, -0.15) is 0 Å². The molecule has 0 spiro atoms. The zero-order valence-electron chi connectivity index (χ0n) is 13.8. The number of benzene rings is 1. The highest BCUT2D eigenvalue weighted by Gasteiger charge is 2.34. The lowest BCUT2D eigenvalue weighted by Gasteiger charge is -2.29. The summed E-state index contributed by atoms with van der Waals surface area (Å²) < 4.78 is 0. The maximum Gasteiger partial charge on any atom is 0.256 e. The predicted molar refractivity (Wildman–Crippen MR) is 94.7 cm³/mol. The normalized spacial score (nSPS) is 18.8. The van der Waals surface area contributed by atoms with Gasteiger partial charge in [0, 0.05) is 44.2 Å².